The number of ketones is 1. The summed E-state index contributed by atoms with van der Waals surface area (Å²) in [6, 6.07) is 0. The molecule has 0 N–H and O–H groups in total. The first kappa shape index (κ1) is 9.15. The zero-order chi connectivity index (χ0) is 7.98. The lowest BCUT2D eigenvalue weighted by Gasteiger charge is -1.89. The van der Waals surface area contributed by atoms with E-state index in [1.807, 2.05) is 26.8 Å². The molecule has 0 saturated carbocycles. The van der Waals surface area contributed by atoms with Crippen molar-refractivity contribution in [1.82, 2.24) is 0 Å². The molecule has 0 aliphatic carbocycles. The quantitative estimate of drug-likeness (QED) is 0.547. The molecule has 10 heavy (non-hydrogen) atoms. The first-order chi connectivity index (χ1) is 4.66. The van der Waals surface area contributed by atoms with Gasteiger partial charge in [-0.2, -0.15) is 0 Å². The van der Waals surface area contributed by atoms with Crippen molar-refractivity contribution < 1.29 is 4.79 Å². The van der Waals surface area contributed by atoms with E-state index in [0.717, 1.165) is 0 Å². The minimum Gasteiger partial charge on any atom is -0.290 e. The van der Waals surface area contributed by atoms with Crippen molar-refractivity contribution >= 4 is 5.78 Å². The van der Waals surface area contributed by atoms with Gasteiger partial charge in [0.25, 0.3) is 0 Å². The molecule has 56 valence electrons. The summed E-state index contributed by atoms with van der Waals surface area (Å²) in [5, 5.41) is 0. The predicted octanol–water partition coefficient (Wildman–Crippen LogP) is 2.34. The summed E-state index contributed by atoms with van der Waals surface area (Å²) in [5.74, 6) is 0.519. The van der Waals surface area contributed by atoms with Gasteiger partial charge in [0.2, 0.25) is 0 Å². The normalized spacial score (nSPS) is 12.0. The Morgan fingerprint density at radius 2 is 1.90 bits per heavy atom. The second-order valence-corrected chi connectivity index (χ2v) is 2.51. The Labute approximate surface area is 62.4 Å². The molecule has 0 unspecified atom stereocenters. The molecule has 0 amide bonds. The molecule has 0 aliphatic heterocycles. The summed E-state index contributed by atoms with van der Waals surface area (Å²) in [5.41, 5.74) is 0. The highest BCUT2D eigenvalue weighted by Gasteiger charge is 1.87. The number of carbonyl (C=O) groups is 1. The second-order valence-electron chi connectivity index (χ2n) is 2.51. The highest BCUT2D eigenvalue weighted by Crippen LogP contribution is 1.93. The van der Waals surface area contributed by atoms with Gasteiger partial charge < -0.3 is 0 Å². The molecule has 0 fully saturated rings. The van der Waals surface area contributed by atoms with Crippen molar-refractivity contribution in [2.45, 2.75) is 20.8 Å². The lowest BCUT2D eigenvalue weighted by atomic mass is 10.2. The largest absolute Gasteiger partial charge is 0.290 e. The maximum absolute atomic E-state index is 10.8. The highest BCUT2D eigenvalue weighted by atomic mass is 16.1. The number of hydrogen-bond acceptors (Lipinski definition) is 1. The Morgan fingerprint density at radius 3 is 2.30 bits per heavy atom. The van der Waals surface area contributed by atoms with Crippen molar-refractivity contribution in [3.8, 4) is 0 Å². The number of allylic oxidation sites excluding steroid dienone is 4. The van der Waals surface area contributed by atoms with E-state index in [1.165, 1.54) is 0 Å². The molecular weight excluding hydrogens is 124 g/mol. The van der Waals surface area contributed by atoms with E-state index in [0.29, 0.717) is 5.92 Å². The summed E-state index contributed by atoms with van der Waals surface area (Å²) in [6.07, 6.45) is 6.79. The predicted molar refractivity (Wildman–Crippen MR) is 43.8 cm³/mol. The molecule has 0 aromatic rings. The molecule has 1 nitrogen and oxygen atoms in total. The van der Waals surface area contributed by atoms with Crippen molar-refractivity contribution in [3.05, 3.63) is 24.3 Å². The first-order valence-corrected chi connectivity index (χ1v) is 3.51. The van der Waals surface area contributed by atoms with Crippen LogP contribution in [0.2, 0.25) is 0 Å². The van der Waals surface area contributed by atoms with Crippen LogP contribution in [0, 0.1) is 5.92 Å². The molecule has 0 aliphatic rings. The number of hydrogen-bond donors (Lipinski definition) is 0. The van der Waals surface area contributed by atoms with Crippen LogP contribution >= 0.6 is 0 Å². The maximum atomic E-state index is 10.8. The van der Waals surface area contributed by atoms with Gasteiger partial charge in [0.15, 0.2) is 5.78 Å². The molecule has 0 radical (unpaired) electrons. The third kappa shape index (κ3) is 5.29. The molecule has 0 bridgehead atoms. The van der Waals surface area contributed by atoms with Crippen LogP contribution in [0.5, 0.6) is 0 Å². The lowest BCUT2D eigenvalue weighted by molar-refractivity contribution is -0.110. The fourth-order valence-electron chi connectivity index (χ4n) is 0.507. The third-order valence-electron chi connectivity index (χ3n) is 0.976. The van der Waals surface area contributed by atoms with Crippen molar-refractivity contribution in [3.63, 3.8) is 0 Å². The standard InChI is InChI=1S/C9H14O/c1-4-5-9(10)7-6-8(2)3/h4-8H,1-3H3. The minimum absolute atomic E-state index is 0.0659. The highest BCUT2D eigenvalue weighted by molar-refractivity contribution is 5.99. The van der Waals surface area contributed by atoms with Gasteiger partial charge in [-0.05, 0) is 25.0 Å². The Kier molecular flexibility index (Phi) is 4.55. The molecule has 1 heteroatoms. The zero-order valence-corrected chi connectivity index (χ0v) is 6.79. The summed E-state index contributed by atoms with van der Waals surface area (Å²) in [6.45, 7) is 5.92. The van der Waals surface area contributed by atoms with Crippen LogP contribution < -0.4 is 0 Å². The summed E-state index contributed by atoms with van der Waals surface area (Å²) >= 11 is 0. The lowest BCUT2D eigenvalue weighted by Crippen LogP contribution is -1.86. The van der Waals surface area contributed by atoms with Crippen molar-refractivity contribution in [2.75, 3.05) is 0 Å². The van der Waals surface area contributed by atoms with Gasteiger partial charge in [0.05, 0.1) is 0 Å². The average molecular weight is 138 g/mol. The SMILES string of the molecule is CC=CC(=O)C=CC(C)C. The van der Waals surface area contributed by atoms with Gasteiger partial charge in [-0.25, -0.2) is 0 Å². The molecule has 0 aromatic heterocycles. The van der Waals surface area contributed by atoms with Crippen LogP contribution in [0.15, 0.2) is 24.3 Å². The topological polar surface area (TPSA) is 17.1 Å². The van der Waals surface area contributed by atoms with E-state index in [4.69, 9.17) is 0 Å². The average Bonchev–Trinajstić information content (AvgIpc) is 1.85. The van der Waals surface area contributed by atoms with Crippen LogP contribution in [-0.4, -0.2) is 5.78 Å². The van der Waals surface area contributed by atoms with E-state index in [2.05, 4.69) is 0 Å². The third-order valence-corrected chi connectivity index (χ3v) is 0.976. The maximum Gasteiger partial charge on any atom is 0.177 e. The smallest absolute Gasteiger partial charge is 0.177 e. The van der Waals surface area contributed by atoms with E-state index in [-0.39, 0.29) is 5.78 Å². The van der Waals surface area contributed by atoms with E-state index in [1.54, 1.807) is 18.2 Å². The van der Waals surface area contributed by atoms with Crippen LogP contribution in [0.3, 0.4) is 0 Å². The molecule has 0 rings (SSSR count). The van der Waals surface area contributed by atoms with Gasteiger partial charge >= 0.3 is 0 Å². The molecule has 0 aromatic carbocycles. The first-order valence-electron chi connectivity index (χ1n) is 3.51. The zero-order valence-electron chi connectivity index (χ0n) is 6.79. The number of rotatable bonds is 3. The fourth-order valence-corrected chi connectivity index (χ4v) is 0.507. The van der Waals surface area contributed by atoms with Crippen LogP contribution in [0.25, 0.3) is 0 Å². The van der Waals surface area contributed by atoms with Gasteiger partial charge in [-0.1, -0.05) is 26.0 Å². The van der Waals surface area contributed by atoms with Crippen molar-refractivity contribution in [2.24, 2.45) is 5.92 Å². The summed E-state index contributed by atoms with van der Waals surface area (Å²) in [7, 11) is 0. The Hall–Kier alpha value is -0.850. The van der Waals surface area contributed by atoms with Crippen LogP contribution in [0.1, 0.15) is 20.8 Å². The Bertz CT molecular complexity index is 152. The molecule has 0 spiro atoms. The molecule has 0 heterocycles. The van der Waals surface area contributed by atoms with E-state index < -0.39 is 0 Å². The van der Waals surface area contributed by atoms with Crippen LogP contribution in [0.4, 0.5) is 0 Å². The van der Waals surface area contributed by atoms with Gasteiger partial charge in [0, 0.05) is 0 Å². The van der Waals surface area contributed by atoms with Gasteiger partial charge in [-0.3, -0.25) is 4.79 Å². The monoisotopic (exact) mass is 138 g/mol. The summed E-state index contributed by atoms with van der Waals surface area (Å²) in [4.78, 5) is 10.8. The fraction of sp³-hybridized carbons (Fsp3) is 0.444. The molecular formula is C9H14O. The van der Waals surface area contributed by atoms with Gasteiger partial charge in [-0.15, -0.1) is 0 Å². The van der Waals surface area contributed by atoms with Crippen LogP contribution in [-0.2, 0) is 4.79 Å². The molecule has 0 saturated heterocycles. The number of carbonyl (C=O) groups excluding carboxylic acids is 1. The summed E-state index contributed by atoms with van der Waals surface area (Å²) < 4.78 is 0. The second kappa shape index (κ2) is 4.98. The van der Waals surface area contributed by atoms with E-state index >= 15 is 0 Å². The van der Waals surface area contributed by atoms with E-state index in [9.17, 15) is 4.79 Å². The Balaban J connectivity index is 3.78. The minimum atomic E-state index is 0.0659. The van der Waals surface area contributed by atoms with Gasteiger partial charge in [0.1, 0.15) is 0 Å². The Morgan fingerprint density at radius 1 is 1.30 bits per heavy atom. The van der Waals surface area contributed by atoms with Crippen molar-refractivity contribution in [1.29, 1.82) is 0 Å². The molecule has 0 atom stereocenters.